The second-order valence-electron chi connectivity index (χ2n) is 7.20. The molecule has 4 atom stereocenters. The summed E-state index contributed by atoms with van der Waals surface area (Å²) in [6, 6.07) is 5.43. The van der Waals surface area contributed by atoms with Gasteiger partial charge in [-0.3, -0.25) is 13.8 Å². The van der Waals surface area contributed by atoms with Gasteiger partial charge in [-0.05, 0) is 19.1 Å². The molecule has 4 heterocycles. The molecule has 138 valence electrons. The molecule has 3 aliphatic rings. The van der Waals surface area contributed by atoms with Gasteiger partial charge in [0.1, 0.15) is 23.8 Å². The number of hydrogen-bond acceptors (Lipinski definition) is 6. The van der Waals surface area contributed by atoms with Gasteiger partial charge in [-0.15, -0.1) is 0 Å². The average Bonchev–Trinajstić information content (AvgIpc) is 3.27. The van der Waals surface area contributed by atoms with E-state index < -0.39 is 25.9 Å². The number of Topliss-reactive ketones (excluding diaryl/α,β-unsaturated/α-hetero) is 1. The zero-order valence-electron chi connectivity index (χ0n) is 14.7. The first-order valence-corrected chi connectivity index (χ1v) is 10.2. The molecular weight excluding hydrogens is 369 g/mol. The Morgan fingerprint density at radius 3 is 2.93 bits per heavy atom. The van der Waals surface area contributed by atoms with Gasteiger partial charge in [-0.1, -0.05) is 6.07 Å². The van der Waals surface area contributed by atoms with Crippen LogP contribution < -0.4 is 4.52 Å². The summed E-state index contributed by atoms with van der Waals surface area (Å²) in [5, 5.41) is 0.685. The molecule has 4 unspecified atom stereocenters. The van der Waals surface area contributed by atoms with Crippen molar-refractivity contribution < 1.29 is 22.9 Å². The van der Waals surface area contributed by atoms with Crippen molar-refractivity contribution in [2.75, 3.05) is 0 Å². The third-order valence-corrected chi connectivity index (χ3v) is 7.21. The highest BCUT2D eigenvalue weighted by atomic mass is 31.2. The maximum absolute atomic E-state index is 13.6. The first-order chi connectivity index (χ1) is 13.0. The molecule has 2 aromatic heterocycles. The number of carbonyl (C=O) groups is 1. The summed E-state index contributed by atoms with van der Waals surface area (Å²) < 4.78 is 34.2. The molecule has 1 aliphatic carbocycles. The van der Waals surface area contributed by atoms with E-state index in [0.717, 1.165) is 11.3 Å². The van der Waals surface area contributed by atoms with E-state index in [1.165, 1.54) is 0 Å². The molecule has 6 rings (SSSR count). The second-order valence-corrected chi connectivity index (χ2v) is 8.70. The molecule has 0 N–H and O–H groups in total. The van der Waals surface area contributed by atoms with Crippen molar-refractivity contribution in [3.63, 3.8) is 0 Å². The van der Waals surface area contributed by atoms with Crippen LogP contribution in [0.25, 0.3) is 10.9 Å². The Kier molecular flexibility index (Phi) is 2.83. The summed E-state index contributed by atoms with van der Waals surface area (Å²) in [7, 11) is -1.92. The minimum Gasteiger partial charge on any atom is -0.403 e. The van der Waals surface area contributed by atoms with Crippen molar-refractivity contribution >= 4 is 24.5 Å². The fraction of sp³-hybridized carbons (Fsp3) is 0.333. The van der Waals surface area contributed by atoms with E-state index in [1.807, 2.05) is 41.4 Å². The number of rotatable bonds is 2. The number of phosphoric ester groups is 1. The Morgan fingerprint density at radius 2 is 2.15 bits per heavy atom. The van der Waals surface area contributed by atoms with Crippen LogP contribution in [0, 0.1) is 12.8 Å². The van der Waals surface area contributed by atoms with Crippen LogP contribution in [0.2, 0.25) is 0 Å². The van der Waals surface area contributed by atoms with Gasteiger partial charge in [0, 0.05) is 26.0 Å². The summed E-state index contributed by atoms with van der Waals surface area (Å²) in [4.78, 5) is 17.8. The van der Waals surface area contributed by atoms with Crippen molar-refractivity contribution in [2.24, 2.45) is 13.0 Å². The lowest BCUT2D eigenvalue weighted by Crippen LogP contribution is -2.40. The van der Waals surface area contributed by atoms with E-state index in [1.54, 1.807) is 12.3 Å². The maximum Gasteiger partial charge on any atom is 0.531 e. The highest BCUT2D eigenvalue weighted by molar-refractivity contribution is 7.49. The highest BCUT2D eigenvalue weighted by Crippen LogP contribution is 2.67. The van der Waals surface area contributed by atoms with Gasteiger partial charge in [0.15, 0.2) is 5.78 Å². The van der Waals surface area contributed by atoms with E-state index in [0.29, 0.717) is 28.9 Å². The topological polar surface area (TPSA) is 84.6 Å². The summed E-state index contributed by atoms with van der Waals surface area (Å²) in [5.74, 6) is 0.586. The average molecular weight is 385 g/mol. The zero-order valence-corrected chi connectivity index (χ0v) is 15.6. The number of aromatic nitrogens is 3. The monoisotopic (exact) mass is 385 g/mol. The molecule has 27 heavy (non-hydrogen) atoms. The molecule has 3 aromatic rings. The van der Waals surface area contributed by atoms with Crippen LogP contribution in [-0.4, -0.2) is 26.0 Å². The van der Waals surface area contributed by atoms with Crippen molar-refractivity contribution in [1.29, 1.82) is 0 Å². The first kappa shape index (κ1) is 15.6. The fourth-order valence-corrected chi connectivity index (χ4v) is 6.13. The molecule has 5 bridgehead atoms. The van der Waals surface area contributed by atoms with Crippen LogP contribution in [0.15, 0.2) is 30.6 Å². The smallest absolute Gasteiger partial charge is 0.403 e. The Bertz CT molecular complexity index is 1200. The number of carbonyl (C=O) groups excluding carboxylic acids is 1. The van der Waals surface area contributed by atoms with Gasteiger partial charge in [0.2, 0.25) is 0 Å². The predicted octanol–water partition coefficient (Wildman–Crippen LogP) is 3.15. The molecule has 0 saturated carbocycles. The quantitative estimate of drug-likeness (QED) is 0.630. The number of benzene rings is 1. The van der Waals surface area contributed by atoms with Crippen LogP contribution >= 0.6 is 7.82 Å². The van der Waals surface area contributed by atoms with Crippen LogP contribution in [0.4, 0.5) is 0 Å². The summed E-state index contributed by atoms with van der Waals surface area (Å²) in [6.45, 7) is 2.26. The molecule has 0 spiro atoms. The molecule has 1 fully saturated rings. The number of aryl methyl sites for hydroxylation is 2. The van der Waals surface area contributed by atoms with Gasteiger partial charge in [-0.25, -0.2) is 9.55 Å². The molecule has 8 nitrogen and oxygen atoms in total. The minimum absolute atomic E-state index is 0.0417. The highest BCUT2D eigenvalue weighted by Gasteiger charge is 2.59. The van der Waals surface area contributed by atoms with Crippen molar-refractivity contribution in [1.82, 2.24) is 14.1 Å². The van der Waals surface area contributed by atoms with Crippen LogP contribution in [-0.2, 0) is 27.2 Å². The lowest BCUT2D eigenvalue weighted by molar-refractivity contribution is 0.0528. The molecule has 9 heteroatoms. The lowest BCUT2D eigenvalue weighted by Gasteiger charge is -2.30. The van der Waals surface area contributed by atoms with E-state index in [-0.39, 0.29) is 5.78 Å². The number of phosphoric acid groups is 1. The van der Waals surface area contributed by atoms with Gasteiger partial charge < -0.3 is 13.7 Å². The summed E-state index contributed by atoms with van der Waals surface area (Å²) in [6.07, 6.45) is 2.24. The van der Waals surface area contributed by atoms with Gasteiger partial charge >= 0.3 is 7.82 Å². The van der Waals surface area contributed by atoms with Crippen LogP contribution in [0.3, 0.4) is 0 Å². The summed E-state index contributed by atoms with van der Waals surface area (Å²) in [5.41, 5.74) is 2.16. The number of hydrogen-bond donors (Lipinski definition) is 0. The predicted molar refractivity (Wildman–Crippen MR) is 94.6 cm³/mol. The SMILES string of the molecule is Cc1nccn1CC1C(=O)c2c3n(C)c4cccc(c24)OP2(=O)OC3C1O2. The Balaban J connectivity index is 1.64. The Morgan fingerprint density at radius 1 is 1.30 bits per heavy atom. The normalized spacial score (nSPS) is 30.7. The number of fused-ring (bicyclic) bond motifs is 1. The first-order valence-electron chi connectivity index (χ1n) is 8.76. The second kappa shape index (κ2) is 4.90. The molecule has 0 amide bonds. The van der Waals surface area contributed by atoms with Crippen LogP contribution in [0.5, 0.6) is 5.75 Å². The standard InChI is InChI=1S/C18H16N3O5P/c1-9-19-6-7-21(9)8-10-16(22)14-13-11-4-3-5-12(13)24-27(23)25-17(10)18(26-27)15(14)20(11)2/h3-7,10,17-18H,8H2,1-2H3. The van der Waals surface area contributed by atoms with Crippen molar-refractivity contribution in [2.45, 2.75) is 25.7 Å². The summed E-state index contributed by atoms with van der Waals surface area (Å²) >= 11 is 0. The van der Waals surface area contributed by atoms with Crippen molar-refractivity contribution in [3.8, 4) is 5.75 Å². The third-order valence-electron chi connectivity index (χ3n) is 5.80. The van der Waals surface area contributed by atoms with Gasteiger partial charge in [-0.2, -0.15) is 0 Å². The number of imidazole rings is 1. The zero-order chi connectivity index (χ0) is 18.5. The van der Waals surface area contributed by atoms with E-state index in [9.17, 15) is 9.36 Å². The number of ketones is 1. The molecule has 1 saturated heterocycles. The molecular formula is C18H16N3O5P. The lowest BCUT2D eigenvalue weighted by atomic mass is 9.80. The van der Waals surface area contributed by atoms with E-state index in [2.05, 4.69) is 4.98 Å². The van der Waals surface area contributed by atoms with E-state index in [4.69, 9.17) is 13.6 Å². The van der Waals surface area contributed by atoms with E-state index >= 15 is 0 Å². The van der Waals surface area contributed by atoms with Crippen molar-refractivity contribution in [3.05, 3.63) is 47.7 Å². The van der Waals surface area contributed by atoms with Gasteiger partial charge in [0.25, 0.3) is 0 Å². The number of nitrogens with zero attached hydrogens (tertiary/aromatic N) is 3. The van der Waals surface area contributed by atoms with Gasteiger partial charge in [0.05, 0.1) is 28.1 Å². The maximum atomic E-state index is 13.6. The molecule has 0 radical (unpaired) electrons. The Hall–Kier alpha value is -2.41. The largest absolute Gasteiger partial charge is 0.531 e. The fourth-order valence-electron chi connectivity index (χ4n) is 4.55. The molecule has 2 aliphatic heterocycles. The third kappa shape index (κ3) is 1.87. The molecule has 1 aromatic carbocycles. The van der Waals surface area contributed by atoms with Crippen LogP contribution in [0.1, 0.15) is 28.0 Å². The Labute approximate surface area is 154 Å². The minimum atomic E-state index is -3.80.